The Balaban J connectivity index is 0.00000605. The first-order chi connectivity index (χ1) is 24.9. The second kappa shape index (κ2) is 20.3. The molecule has 0 atom stereocenters. The van der Waals surface area contributed by atoms with Crippen molar-refractivity contribution in [3.05, 3.63) is 162 Å². The van der Waals surface area contributed by atoms with Crippen molar-refractivity contribution in [1.82, 2.24) is 10.6 Å². The molecule has 0 fully saturated rings. The zero-order valence-corrected chi connectivity index (χ0v) is 31.7. The Morgan fingerprint density at radius 1 is 0.615 bits per heavy atom. The topological polar surface area (TPSA) is 126 Å². The van der Waals surface area contributed by atoms with Crippen LogP contribution in [-0.4, -0.2) is 54.2 Å². The van der Waals surface area contributed by atoms with Crippen LogP contribution in [0.3, 0.4) is 0 Å². The van der Waals surface area contributed by atoms with Crippen molar-refractivity contribution in [3.63, 3.8) is 0 Å². The molecule has 0 aliphatic carbocycles. The number of carbonyl (C=O) groups excluding carboxylic acids is 1. The molecule has 5 rings (SSSR count). The Bertz CT molecular complexity index is 1900. The maximum absolute atomic E-state index is 11.7. The van der Waals surface area contributed by atoms with Crippen LogP contribution in [0.5, 0.6) is 0 Å². The van der Waals surface area contributed by atoms with Crippen LogP contribution in [0.25, 0.3) is 0 Å². The molecule has 0 saturated carbocycles. The average Bonchev–Trinajstić information content (AvgIpc) is 3.19. The summed E-state index contributed by atoms with van der Waals surface area (Å²) in [5, 5.41) is 27.5. The van der Waals surface area contributed by atoms with Crippen molar-refractivity contribution >= 4 is 76.1 Å². The number of nitrogens with zero attached hydrogens (tertiary/aromatic N) is 4. The van der Waals surface area contributed by atoms with E-state index in [1.165, 1.54) is 15.9 Å². The van der Waals surface area contributed by atoms with E-state index in [1.807, 2.05) is 48.5 Å². The maximum Gasteiger partial charge on any atom is 2.00 e. The number of carbonyl (C=O) groups is 1. The van der Waals surface area contributed by atoms with Crippen LogP contribution in [0.2, 0.25) is 0 Å². The van der Waals surface area contributed by atoms with E-state index in [0.717, 1.165) is 5.56 Å². The number of hydrogen-bond donors (Lipinski definition) is 3. The molecule has 1 amide bonds. The summed E-state index contributed by atoms with van der Waals surface area (Å²) in [4.78, 5) is 11.7. The molecule has 0 heterocycles. The Hall–Kier alpha value is -4.80. The fourth-order valence-electron chi connectivity index (χ4n) is 5.30. The van der Waals surface area contributed by atoms with E-state index >= 15 is 0 Å². The standard InChI is InChI=1S/C39H38N7O2PS2.Cu/c1-41-38(50)45-43-36(30-22-24-31(25-23-30)37(40)47)35(29-14-6-2-7-15-29)44-46-39(51)42-26-27-48-28-49(32-16-8-3-9-17-32,33-18-10-4-11-19-33)34-20-12-5-13-21-34;/h2-25H,26-28H2,1H3,(H5-,40,41,42,43,44,45,46,47,50,51);/q;+2/p-1. The number of rotatable bonds is 14. The molecule has 267 valence electrons. The van der Waals surface area contributed by atoms with Crippen LogP contribution in [0.1, 0.15) is 21.5 Å². The summed E-state index contributed by atoms with van der Waals surface area (Å²) in [6, 6.07) is 47.8. The molecule has 5 aromatic carbocycles. The van der Waals surface area contributed by atoms with Gasteiger partial charge in [-0.3, -0.25) is 4.79 Å². The maximum atomic E-state index is 11.7. The predicted octanol–water partition coefficient (Wildman–Crippen LogP) is 4.47. The minimum absolute atomic E-state index is 0. The quantitative estimate of drug-likeness (QED) is 0.0290. The summed E-state index contributed by atoms with van der Waals surface area (Å²) in [5.41, 5.74) is 7.93. The number of amidine groups is 2. The molecule has 0 aromatic heterocycles. The van der Waals surface area contributed by atoms with Gasteiger partial charge in [0, 0.05) is 30.3 Å². The molecule has 52 heavy (non-hydrogen) atoms. The smallest absolute Gasteiger partial charge is 0.741 e. The third-order valence-electron chi connectivity index (χ3n) is 7.81. The number of benzene rings is 5. The second-order valence-electron chi connectivity index (χ2n) is 11.0. The Morgan fingerprint density at radius 3 is 1.46 bits per heavy atom. The Morgan fingerprint density at radius 2 is 1.02 bits per heavy atom. The van der Waals surface area contributed by atoms with Gasteiger partial charge in [0.2, 0.25) is 5.91 Å². The van der Waals surface area contributed by atoms with Crippen molar-refractivity contribution in [1.29, 1.82) is 0 Å². The third kappa shape index (κ3) is 10.4. The average molecular weight is 794 g/mol. The van der Waals surface area contributed by atoms with Crippen molar-refractivity contribution in [2.75, 3.05) is 26.5 Å². The molecule has 13 heteroatoms. The van der Waals surface area contributed by atoms with E-state index in [9.17, 15) is 4.79 Å². The van der Waals surface area contributed by atoms with E-state index < -0.39 is 13.2 Å². The Labute approximate surface area is 326 Å². The third-order valence-corrected chi connectivity index (χ3v) is 12.4. The monoisotopic (exact) mass is 793 g/mol. The van der Waals surface area contributed by atoms with Crippen molar-refractivity contribution in [3.8, 4) is 0 Å². The normalized spacial score (nSPS) is 12.5. The molecule has 0 saturated heterocycles. The van der Waals surface area contributed by atoms with Gasteiger partial charge in [-0.15, -0.1) is 10.2 Å². The fraction of sp³-hybridized carbons (Fsp3) is 0.103. The molecule has 0 unspecified atom stereocenters. The van der Waals surface area contributed by atoms with Crippen molar-refractivity contribution in [2.24, 2.45) is 26.1 Å². The summed E-state index contributed by atoms with van der Waals surface area (Å²) in [5.74, 6) is -0.541. The number of nitrogens with one attached hydrogen (secondary N) is 2. The first-order valence-electron chi connectivity index (χ1n) is 16.1. The van der Waals surface area contributed by atoms with E-state index in [2.05, 4.69) is 104 Å². The SMILES string of the molecule is CN/C([S-])=N/N=C(/C(=N/N=C(\[S-])NCCOC[P+](c1ccccc1)(c1ccccc1)c1ccccc1)c1ccccc1)c1ccc(C(N)=O)cc1.[Cu+2]. The van der Waals surface area contributed by atoms with Crippen LogP contribution in [-0.2, 0) is 47.1 Å². The molecule has 0 bridgehead atoms. The van der Waals surface area contributed by atoms with Crippen molar-refractivity contribution in [2.45, 2.75) is 0 Å². The molecule has 4 N–H and O–H groups in total. The molecular weight excluding hydrogens is 757 g/mol. The predicted molar refractivity (Wildman–Crippen MR) is 217 cm³/mol. The van der Waals surface area contributed by atoms with Gasteiger partial charge in [-0.05, 0) is 58.9 Å². The summed E-state index contributed by atoms with van der Waals surface area (Å²) in [6.45, 7) is 0.802. The summed E-state index contributed by atoms with van der Waals surface area (Å²) >= 11 is 10.8. The van der Waals surface area contributed by atoms with E-state index in [4.69, 9.17) is 35.7 Å². The number of nitrogens with two attached hydrogens (primary N) is 1. The zero-order chi connectivity index (χ0) is 35.9. The number of primary amides is 1. The fourth-order valence-corrected chi connectivity index (χ4v) is 9.27. The van der Waals surface area contributed by atoms with Crippen LogP contribution in [0.15, 0.2) is 166 Å². The molecule has 5 aromatic rings. The van der Waals surface area contributed by atoms with Crippen molar-refractivity contribution < 1.29 is 26.6 Å². The summed E-state index contributed by atoms with van der Waals surface area (Å²) < 4.78 is 6.46. The van der Waals surface area contributed by atoms with Gasteiger partial charge in [0.15, 0.2) is 6.35 Å². The van der Waals surface area contributed by atoms with Crippen LogP contribution in [0, 0.1) is 0 Å². The second-order valence-corrected chi connectivity index (χ2v) is 15.2. The molecular formula is C39H37CuN7O2PS2+. The van der Waals surface area contributed by atoms with Gasteiger partial charge in [0.1, 0.15) is 34.6 Å². The van der Waals surface area contributed by atoms with Gasteiger partial charge in [-0.25, -0.2) is 0 Å². The number of amides is 1. The molecule has 1 radical (unpaired) electrons. The van der Waals surface area contributed by atoms with Gasteiger partial charge in [0.05, 0.1) is 6.61 Å². The molecule has 0 aliphatic heterocycles. The van der Waals surface area contributed by atoms with Crippen LogP contribution >= 0.6 is 7.26 Å². The summed E-state index contributed by atoms with van der Waals surface area (Å²) in [7, 11) is -0.474. The minimum Gasteiger partial charge on any atom is -0.741 e. The van der Waals surface area contributed by atoms with Gasteiger partial charge in [-0.2, -0.15) is 10.2 Å². The van der Waals surface area contributed by atoms with E-state index in [0.29, 0.717) is 42.0 Å². The Kier molecular flexibility index (Phi) is 15.6. The number of hydrogen-bond acceptors (Lipinski definition) is 8. The molecule has 0 aliphatic rings. The first kappa shape index (κ1) is 40.0. The van der Waals surface area contributed by atoms with Crippen LogP contribution < -0.4 is 32.3 Å². The van der Waals surface area contributed by atoms with Gasteiger partial charge >= 0.3 is 17.1 Å². The van der Waals surface area contributed by atoms with E-state index in [-0.39, 0.29) is 27.4 Å². The largest absolute Gasteiger partial charge is 2.00 e. The van der Waals surface area contributed by atoms with Gasteiger partial charge in [-0.1, -0.05) is 97.1 Å². The minimum atomic E-state index is -2.13. The molecule has 9 nitrogen and oxygen atoms in total. The van der Waals surface area contributed by atoms with Crippen LogP contribution in [0.4, 0.5) is 0 Å². The molecule has 0 spiro atoms. The van der Waals surface area contributed by atoms with Gasteiger partial charge in [0.25, 0.3) is 0 Å². The number of ether oxygens (including phenoxy) is 1. The first-order valence-corrected chi connectivity index (χ1v) is 18.9. The van der Waals surface area contributed by atoms with E-state index in [1.54, 1.807) is 31.3 Å². The zero-order valence-electron chi connectivity index (χ0n) is 28.2. The summed E-state index contributed by atoms with van der Waals surface area (Å²) in [6.07, 6.45) is 0.513. The van der Waals surface area contributed by atoms with Gasteiger partial charge < -0.3 is 46.4 Å².